The van der Waals surface area contributed by atoms with E-state index in [2.05, 4.69) is 10.5 Å². The maximum absolute atomic E-state index is 11.9. The first-order chi connectivity index (χ1) is 8.72. The molecular formula is C13H14N2O3. The van der Waals surface area contributed by atoms with Gasteiger partial charge in [-0.1, -0.05) is 35.5 Å². The van der Waals surface area contributed by atoms with Crippen molar-refractivity contribution in [3.63, 3.8) is 0 Å². The van der Waals surface area contributed by atoms with Crippen LogP contribution in [0.5, 0.6) is 0 Å². The highest BCUT2D eigenvalue weighted by atomic mass is 16.5. The molecule has 0 aliphatic rings. The van der Waals surface area contributed by atoms with Crippen molar-refractivity contribution in [3.8, 4) is 0 Å². The SMILES string of the molecule is Cc1cnoc1C(=O)N[C@H](CO)c1ccccc1. The predicted molar refractivity (Wildman–Crippen MR) is 65.0 cm³/mol. The van der Waals surface area contributed by atoms with Gasteiger partial charge in [0.15, 0.2) is 0 Å². The van der Waals surface area contributed by atoms with Crippen molar-refractivity contribution < 1.29 is 14.4 Å². The van der Waals surface area contributed by atoms with Crippen LogP contribution < -0.4 is 5.32 Å². The summed E-state index contributed by atoms with van der Waals surface area (Å²) < 4.78 is 4.86. The van der Waals surface area contributed by atoms with Crippen molar-refractivity contribution in [1.29, 1.82) is 0 Å². The summed E-state index contributed by atoms with van der Waals surface area (Å²) in [6.07, 6.45) is 1.48. The van der Waals surface area contributed by atoms with Crippen molar-refractivity contribution in [2.75, 3.05) is 6.61 Å². The first kappa shape index (κ1) is 12.3. The highest BCUT2D eigenvalue weighted by Crippen LogP contribution is 2.13. The van der Waals surface area contributed by atoms with Gasteiger partial charge in [-0.15, -0.1) is 0 Å². The van der Waals surface area contributed by atoms with Gasteiger partial charge in [0.1, 0.15) is 0 Å². The lowest BCUT2D eigenvalue weighted by molar-refractivity contribution is 0.0878. The van der Waals surface area contributed by atoms with Crippen LogP contribution in [0.15, 0.2) is 41.1 Å². The molecule has 1 heterocycles. The summed E-state index contributed by atoms with van der Waals surface area (Å²) in [4.78, 5) is 11.9. The van der Waals surface area contributed by atoms with Gasteiger partial charge < -0.3 is 14.9 Å². The van der Waals surface area contributed by atoms with E-state index in [1.807, 2.05) is 30.3 Å². The molecule has 1 atom stereocenters. The van der Waals surface area contributed by atoms with Gasteiger partial charge >= 0.3 is 0 Å². The Morgan fingerprint density at radius 1 is 1.44 bits per heavy atom. The molecule has 1 aromatic heterocycles. The van der Waals surface area contributed by atoms with E-state index in [4.69, 9.17) is 4.52 Å². The molecule has 0 unspecified atom stereocenters. The molecule has 18 heavy (non-hydrogen) atoms. The van der Waals surface area contributed by atoms with E-state index in [1.54, 1.807) is 6.92 Å². The minimum absolute atomic E-state index is 0.171. The summed E-state index contributed by atoms with van der Waals surface area (Å²) >= 11 is 0. The lowest BCUT2D eigenvalue weighted by atomic mass is 10.1. The van der Waals surface area contributed by atoms with E-state index in [1.165, 1.54) is 6.20 Å². The third-order valence-corrected chi connectivity index (χ3v) is 2.64. The van der Waals surface area contributed by atoms with Crippen LogP contribution in [0.4, 0.5) is 0 Å². The normalized spacial score (nSPS) is 12.1. The molecule has 0 spiro atoms. The van der Waals surface area contributed by atoms with Crippen molar-refractivity contribution in [1.82, 2.24) is 10.5 Å². The largest absolute Gasteiger partial charge is 0.394 e. The summed E-state index contributed by atoms with van der Waals surface area (Å²) in [5, 5.41) is 15.6. The van der Waals surface area contributed by atoms with Gasteiger partial charge in [-0.05, 0) is 12.5 Å². The maximum Gasteiger partial charge on any atom is 0.290 e. The quantitative estimate of drug-likeness (QED) is 0.856. The van der Waals surface area contributed by atoms with Crippen LogP contribution >= 0.6 is 0 Å². The van der Waals surface area contributed by atoms with E-state index >= 15 is 0 Å². The van der Waals surface area contributed by atoms with E-state index < -0.39 is 6.04 Å². The fourth-order valence-electron chi connectivity index (χ4n) is 1.65. The zero-order valence-electron chi connectivity index (χ0n) is 9.96. The molecule has 0 saturated carbocycles. The van der Waals surface area contributed by atoms with Crippen LogP contribution in [0.1, 0.15) is 27.7 Å². The van der Waals surface area contributed by atoms with E-state index in [0.29, 0.717) is 5.56 Å². The average Bonchev–Trinajstić information content (AvgIpc) is 2.83. The molecule has 5 nitrogen and oxygen atoms in total. The van der Waals surface area contributed by atoms with Crippen molar-refractivity contribution in [3.05, 3.63) is 53.4 Å². The Labute approximate surface area is 104 Å². The van der Waals surface area contributed by atoms with E-state index in [9.17, 15) is 9.90 Å². The Morgan fingerprint density at radius 3 is 2.72 bits per heavy atom. The smallest absolute Gasteiger partial charge is 0.290 e. The zero-order valence-corrected chi connectivity index (χ0v) is 9.96. The van der Waals surface area contributed by atoms with Crippen molar-refractivity contribution in [2.45, 2.75) is 13.0 Å². The molecule has 2 N–H and O–H groups in total. The Hall–Kier alpha value is -2.14. The monoisotopic (exact) mass is 246 g/mol. The standard InChI is InChI=1S/C13H14N2O3/c1-9-7-14-18-12(9)13(17)15-11(8-16)10-5-3-2-4-6-10/h2-7,11,16H,8H2,1H3,(H,15,17)/t11-/m1/s1. The summed E-state index contributed by atoms with van der Waals surface area (Å²) in [6.45, 7) is 1.56. The summed E-state index contributed by atoms with van der Waals surface area (Å²) in [5.74, 6) is -0.211. The number of aliphatic hydroxyl groups is 1. The molecule has 0 radical (unpaired) electrons. The van der Waals surface area contributed by atoms with E-state index in [-0.39, 0.29) is 18.3 Å². The minimum Gasteiger partial charge on any atom is -0.394 e. The second-order valence-electron chi connectivity index (χ2n) is 3.96. The highest BCUT2D eigenvalue weighted by molar-refractivity contribution is 5.92. The van der Waals surface area contributed by atoms with Crippen LogP contribution in [0.25, 0.3) is 0 Å². The third kappa shape index (κ3) is 2.57. The second-order valence-corrected chi connectivity index (χ2v) is 3.96. The first-order valence-corrected chi connectivity index (χ1v) is 5.60. The van der Waals surface area contributed by atoms with Crippen LogP contribution in [0.3, 0.4) is 0 Å². The fraction of sp³-hybridized carbons (Fsp3) is 0.231. The lowest BCUT2D eigenvalue weighted by Crippen LogP contribution is -2.30. The molecule has 2 rings (SSSR count). The van der Waals surface area contributed by atoms with Crippen molar-refractivity contribution >= 4 is 5.91 Å². The molecule has 0 aliphatic heterocycles. The Kier molecular flexibility index (Phi) is 3.74. The topological polar surface area (TPSA) is 75.4 Å². The number of nitrogens with one attached hydrogen (secondary N) is 1. The highest BCUT2D eigenvalue weighted by Gasteiger charge is 2.19. The number of aliphatic hydroxyl groups excluding tert-OH is 1. The molecule has 0 saturated heterocycles. The number of hydrogen-bond acceptors (Lipinski definition) is 4. The fourth-order valence-corrected chi connectivity index (χ4v) is 1.65. The van der Waals surface area contributed by atoms with Gasteiger partial charge in [-0.3, -0.25) is 4.79 Å². The first-order valence-electron chi connectivity index (χ1n) is 5.60. The van der Waals surface area contributed by atoms with Crippen LogP contribution in [-0.4, -0.2) is 22.8 Å². The summed E-state index contributed by atoms with van der Waals surface area (Å²) in [6, 6.07) is 8.81. The lowest BCUT2D eigenvalue weighted by Gasteiger charge is -2.15. The molecule has 0 aliphatic carbocycles. The molecule has 0 fully saturated rings. The van der Waals surface area contributed by atoms with Crippen LogP contribution in [0, 0.1) is 6.92 Å². The number of aromatic nitrogens is 1. The van der Waals surface area contributed by atoms with Gasteiger partial charge in [0, 0.05) is 5.56 Å². The molecule has 5 heteroatoms. The zero-order chi connectivity index (χ0) is 13.0. The summed E-state index contributed by atoms with van der Waals surface area (Å²) in [5.41, 5.74) is 1.50. The Balaban J connectivity index is 2.13. The number of carbonyl (C=O) groups is 1. The third-order valence-electron chi connectivity index (χ3n) is 2.64. The number of benzene rings is 1. The molecular weight excluding hydrogens is 232 g/mol. The number of nitrogens with zero attached hydrogens (tertiary/aromatic N) is 1. The number of aryl methyl sites for hydroxylation is 1. The average molecular weight is 246 g/mol. The summed E-state index contributed by atoms with van der Waals surface area (Å²) in [7, 11) is 0. The number of amides is 1. The van der Waals surface area contributed by atoms with Crippen molar-refractivity contribution in [2.24, 2.45) is 0 Å². The van der Waals surface area contributed by atoms with Gasteiger partial charge in [0.05, 0.1) is 18.8 Å². The number of carbonyl (C=O) groups excluding carboxylic acids is 1. The number of hydrogen-bond donors (Lipinski definition) is 2. The second kappa shape index (κ2) is 5.46. The van der Waals surface area contributed by atoms with E-state index in [0.717, 1.165) is 5.56 Å². The Bertz CT molecular complexity index is 522. The van der Waals surface area contributed by atoms with Crippen LogP contribution in [0.2, 0.25) is 0 Å². The molecule has 1 amide bonds. The molecule has 94 valence electrons. The minimum atomic E-state index is -0.455. The number of rotatable bonds is 4. The van der Waals surface area contributed by atoms with Gasteiger partial charge in [0.2, 0.25) is 5.76 Å². The maximum atomic E-state index is 11.9. The molecule has 0 bridgehead atoms. The van der Waals surface area contributed by atoms with Gasteiger partial charge in [0.25, 0.3) is 5.91 Å². The van der Waals surface area contributed by atoms with Crippen LogP contribution in [-0.2, 0) is 0 Å². The van der Waals surface area contributed by atoms with Gasteiger partial charge in [-0.2, -0.15) is 0 Å². The Morgan fingerprint density at radius 2 is 2.17 bits per heavy atom. The predicted octanol–water partition coefficient (Wildman–Crippen LogP) is 1.45. The van der Waals surface area contributed by atoms with Gasteiger partial charge in [-0.25, -0.2) is 0 Å². The molecule has 1 aromatic carbocycles. The molecule has 2 aromatic rings.